The van der Waals surface area contributed by atoms with Crippen molar-refractivity contribution in [1.82, 2.24) is 10.6 Å². The zero-order chi connectivity index (χ0) is 20.2. The number of hydrogen-bond donors (Lipinski definition) is 4. The third-order valence-electron chi connectivity index (χ3n) is 6.14. The molecule has 0 unspecified atom stereocenters. The van der Waals surface area contributed by atoms with Crippen molar-refractivity contribution in [2.24, 2.45) is 11.8 Å². The van der Waals surface area contributed by atoms with Gasteiger partial charge in [0.05, 0.1) is 23.3 Å². The summed E-state index contributed by atoms with van der Waals surface area (Å²) in [5, 5.41) is 27.1. The maximum Gasteiger partial charge on any atom is 0.229 e. The highest BCUT2D eigenvalue weighted by Gasteiger charge is 2.44. The molecule has 2 aliphatic rings. The monoisotopic (exact) mass is 382 g/mol. The van der Waals surface area contributed by atoms with Gasteiger partial charge in [0.2, 0.25) is 11.8 Å². The lowest BCUT2D eigenvalue weighted by Crippen LogP contribution is -2.59. The third-order valence-corrected chi connectivity index (χ3v) is 6.14. The molecule has 2 atom stereocenters. The topological polar surface area (TPSA) is 98.7 Å². The normalized spacial score (nSPS) is 22.5. The first-order valence-corrected chi connectivity index (χ1v) is 10.6. The summed E-state index contributed by atoms with van der Waals surface area (Å²) < 4.78 is 0. The van der Waals surface area contributed by atoms with Crippen LogP contribution in [-0.4, -0.2) is 45.3 Å². The van der Waals surface area contributed by atoms with Crippen LogP contribution in [-0.2, 0) is 9.59 Å². The van der Waals surface area contributed by atoms with E-state index >= 15 is 0 Å². The first-order chi connectivity index (χ1) is 12.5. The van der Waals surface area contributed by atoms with Gasteiger partial charge in [-0.15, -0.1) is 0 Å². The molecule has 2 amide bonds. The predicted molar refractivity (Wildman–Crippen MR) is 105 cm³/mol. The first kappa shape index (κ1) is 22.2. The molecule has 0 saturated heterocycles. The van der Waals surface area contributed by atoms with Gasteiger partial charge in [-0.2, -0.15) is 0 Å². The molecule has 0 aromatic carbocycles. The standard InChI is InChI=1S/C21H38N2O4/c1-14(2)11-16(20(26)7-5-8-20)22-18(24)13-19(25)23-17(12-15(3)4)21(27)9-6-10-21/h14-17,26-27H,5-13H2,1-4H3,(H,22,24)(H,23,25)/t16-,17-/m1/s1. The van der Waals surface area contributed by atoms with Crippen molar-refractivity contribution in [3.8, 4) is 0 Å². The van der Waals surface area contributed by atoms with Crippen molar-refractivity contribution in [3.63, 3.8) is 0 Å². The predicted octanol–water partition coefficient (Wildman–Crippen LogP) is 2.27. The van der Waals surface area contributed by atoms with Crippen LogP contribution in [0.15, 0.2) is 0 Å². The molecule has 156 valence electrons. The number of amides is 2. The second-order valence-corrected chi connectivity index (χ2v) is 9.59. The number of aliphatic hydroxyl groups is 2. The number of hydrogen-bond acceptors (Lipinski definition) is 4. The van der Waals surface area contributed by atoms with Crippen LogP contribution >= 0.6 is 0 Å². The van der Waals surface area contributed by atoms with Crippen molar-refractivity contribution >= 4 is 11.8 Å². The van der Waals surface area contributed by atoms with Gasteiger partial charge in [-0.1, -0.05) is 27.7 Å². The van der Waals surface area contributed by atoms with Crippen LogP contribution < -0.4 is 10.6 Å². The van der Waals surface area contributed by atoms with Crippen LogP contribution in [0.25, 0.3) is 0 Å². The Labute approximate surface area is 163 Å². The minimum Gasteiger partial charge on any atom is -0.388 e. The van der Waals surface area contributed by atoms with E-state index in [1.54, 1.807) is 0 Å². The fraction of sp³-hybridized carbons (Fsp3) is 0.905. The smallest absolute Gasteiger partial charge is 0.229 e. The zero-order valence-corrected chi connectivity index (χ0v) is 17.4. The molecule has 2 rings (SSSR count). The maximum absolute atomic E-state index is 12.4. The van der Waals surface area contributed by atoms with Gasteiger partial charge in [0.1, 0.15) is 6.42 Å². The second-order valence-electron chi connectivity index (χ2n) is 9.59. The highest BCUT2D eigenvalue weighted by molar-refractivity contribution is 5.97. The molecule has 27 heavy (non-hydrogen) atoms. The lowest BCUT2D eigenvalue weighted by Gasteiger charge is -2.44. The first-order valence-electron chi connectivity index (χ1n) is 10.6. The van der Waals surface area contributed by atoms with Crippen molar-refractivity contribution in [2.45, 2.75) is 109 Å². The summed E-state index contributed by atoms with van der Waals surface area (Å²) in [6.45, 7) is 8.24. The lowest BCUT2D eigenvalue weighted by atomic mass is 9.72. The Morgan fingerprint density at radius 1 is 0.778 bits per heavy atom. The van der Waals surface area contributed by atoms with Crippen LogP contribution in [0.5, 0.6) is 0 Å². The zero-order valence-electron chi connectivity index (χ0n) is 17.4. The van der Waals surface area contributed by atoms with Crippen molar-refractivity contribution < 1.29 is 19.8 Å². The van der Waals surface area contributed by atoms with Crippen LogP contribution in [0, 0.1) is 11.8 Å². The van der Waals surface area contributed by atoms with Gasteiger partial charge in [0, 0.05) is 0 Å². The quantitative estimate of drug-likeness (QED) is 0.436. The molecule has 2 fully saturated rings. The summed E-state index contributed by atoms with van der Waals surface area (Å²) in [6.07, 6.45) is 5.84. The molecule has 0 aliphatic heterocycles. The average Bonchev–Trinajstić information content (AvgIpc) is 2.47. The average molecular weight is 383 g/mol. The molecule has 6 heteroatoms. The van der Waals surface area contributed by atoms with Gasteiger partial charge < -0.3 is 20.8 Å². The lowest BCUT2D eigenvalue weighted by molar-refractivity contribution is -0.136. The summed E-state index contributed by atoms with van der Waals surface area (Å²) in [6, 6.07) is -0.623. The van der Waals surface area contributed by atoms with Gasteiger partial charge in [-0.3, -0.25) is 9.59 Å². The minimum absolute atomic E-state index is 0.269. The fourth-order valence-electron chi connectivity index (χ4n) is 4.18. The van der Waals surface area contributed by atoms with Crippen molar-refractivity contribution in [1.29, 1.82) is 0 Å². The third kappa shape index (κ3) is 5.92. The Morgan fingerprint density at radius 2 is 1.11 bits per heavy atom. The Kier molecular flexibility index (Phi) is 7.31. The molecule has 0 bridgehead atoms. The number of carbonyl (C=O) groups excluding carboxylic acids is 2. The molecule has 0 aromatic heterocycles. The number of carbonyl (C=O) groups is 2. The van der Waals surface area contributed by atoms with Gasteiger partial charge in [-0.05, 0) is 63.2 Å². The number of rotatable bonds is 10. The highest BCUT2D eigenvalue weighted by atomic mass is 16.3. The van der Waals surface area contributed by atoms with Gasteiger partial charge >= 0.3 is 0 Å². The van der Waals surface area contributed by atoms with E-state index in [-0.39, 0.29) is 30.3 Å². The molecule has 2 saturated carbocycles. The van der Waals surface area contributed by atoms with Crippen LogP contribution in [0.4, 0.5) is 0 Å². The Hall–Kier alpha value is -1.14. The maximum atomic E-state index is 12.4. The van der Waals surface area contributed by atoms with Gasteiger partial charge in [0.25, 0.3) is 0 Å². The summed E-state index contributed by atoms with van der Waals surface area (Å²) in [7, 11) is 0. The van der Waals surface area contributed by atoms with Crippen LogP contribution in [0.3, 0.4) is 0 Å². The molecular formula is C21H38N2O4. The largest absolute Gasteiger partial charge is 0.388 e. The second kappa shape index (κ2) is 8.91. The van der Waals surface area contributed by atoms with E-state index < -0.39 is 11.2 Å². The number of nitrogens with one attached hydrogen (secondary N) is 2. The summed E-state index contributed by atoms with van der Waals surface area (Å²) in [5.41, 5.74) is -1.67. The Bertz CT molecular complexity index is 478. The Morgan fingerprint density at radius 3 is 1.33 bits per heavy atom. The summed E-state index contributed by atoms with van der Waals surface area (Å²) >= 11 is 0. The molecule has 0 heterocycles. The van der Waals surface area contributed by atoms with Crippen molar-refractivity contribution in [3.05, 3.63) is 0 Å². The molecular weight excluding hydrogens is 344 g/mol. The highest BCUT2D eigenvalue weighted by Crippen LogP contribution is 2.38. The SMILES string of the molecule is CC(C)C[C@@H](NC(=O)CC(=O)N[C@H](CC(C)C)C1(O)CCC1)C1(O)CCC1. The van der Waals surface area contributed by atoms with Crippen LogP contribution in [0.1, 0.15) is 85.5 Å². The van der Waals surface area contributed by atoms with Gasteiger partial charge in [-0.25, -0.2) is 0 Å². The van der Waals surface area contributed by atoms with E-state index in [0.717, 1.165) is 12.8 Å². The van der Waals surface area contributed by atoms with E-state index in [1.807, 2.05) is 0 Å². The van der Waals surface area contributed by atoms with E-state index in [2.05, 4.69) is 38.3 Å². The summed E-state index contributed by atoms with van der Waals surface area (Å²) in [4.78, 5) is 24.8. The van der Waals surface area contributed by atoms with Crippen molar-refractivity contribution in [2.75, 3.05) is 0 Å². The Balaban J connectivity index is 1.89. The van der Waals surface area contributed by atoms with Crippen LogP contribution in [0.2, 0.25) is 0 Å². The van der Waals surface area contributed by atoms with Gasteiger partial charge in [0.15, 0.2) is 0 Å². The van der Waals surface area contributed by atoms with E-state index in [9.17, 15) is 19.8 Å². The molecule has 0 aromatic rings. The molecule has 6 nitrogen and oxygen atoms in total. The molecule has 0 radical (unpaired) electrons. The van der Waals surface area contributed by atoms with E-state index in [4.69, 9.17) is 0 Å². The van der Waals surface area contributed by atoms with E-state index in [1.165, 1.54) is 0 Å². The molecule has 4 N–H and O–H groups in total. The van der Waals surface area contributed by atoms with E-state index in [0.29, 0.717) is 50.4 Å². The molecule has 0 spiro atoms. The fourth-order valence-corrected chi connectivity index (χ4v) is 4.18. The molecule has 2 aliphatic carbocycles. The summed E-state index contributed by atoms with van der Waals surface area (Å²) in [5.74, 6) is -0.0289. The minimum atomic E-state index is -0.836.